The predicted octanol–water partition coefficient (Wildman–Crippen LogP) is 5.13. The first kappa shape index (κ1) is 24.4. The third-order valence-electron chi connectivity index (χ3n) is 6.30. The predicted molar refractivity (Wildman–Crippen MR) is 130 cm³/mol. The van der Waals surface area contributed by atoms with E-state index in [-0.39, 0.29) is 30.5 Å². The molecule has 1 aliphatic heterocycles. The molecule has 2 heterocycles. The Kier molecular flexibility index (Phi) is 7.48. The van der Waals surface area contributed by atoms with E-state index in [9.17, 15) is 9.59 Å². The van der Waals surface area contributed by atoms with Crippen LogP contribution in [-0.4, -0.2) is 45.7 Å². The topological polar surface area (TPSA) is 94.8 Å². The first-order valence-corrected chi connectivity index (χ1v) is 12.0. The maximum Gasteiger partial charge on any atom is 0.338 e. The number of amides is 1. The number of likely N-dealkylation sites (tertiary alicyclic amines) is 1. The largest absolute Gasteiger partial charge is 0.484 e. The second kappa shape index (κ2) is 10.7. The molecule has 0 radical (unpaired) electrons. The van der Waals surface area contributed by atoms with E-state index >= 15 is 0 Å². The molecule has 8 nitrogen and oxygen atoms in total. The highest BCUT2D eigenvalue weighted by Gasteiger charge is 2.29. The van der Waals surface area contributed by atoms with Gasteiger partial charge < -0.3 is 18.8 Å². The number of esters is 1. The molecule has 0 spiro atoms. The molecule has 8 heteroatoms. The minimum Gasteiger partial charge on any atom is -0.484 e. The Morgan fingerprint density at radius 2 is 1.69 bits per heavy atom. The number of carbonyl (C=O) groups is 2. The SMILES string of the molecule is Cc1ccc(-c2nnc(C(C)OC(=O)c3ccc(OCC(=O)N4C(C)CCCC4C)cc3)o2)cc1. The van der Waals surface area contributed by atoms with Gasteiger partial charge in [0.25, 0.3) is 11.8 Å². The fourth-order valence-corrected chi connectivity index (χ4v) is 4.31. The van der Waals surface area contributed by atoms with Crippen molar-refractivity contribution in [2.24, 2.45) is 0 Å². The summed E-state index contributed by atoms with van der Waals surface area (Å²) in [6.45, 7) is 7.80. The Hall–Kier alpha value is -3.68. The summed E-state index contributed by atoms with van der Waals surface area (Å²) in [6.07, 6.45) is 2.46. The molecule has 184 valence electrons. The number of piperidine rings is 1. The minimum absolute atomic E-state index is 0.0217. The van der Waals surface area contributed by atoms with E-state index in [4.69, 9.17) is 13.9 Å². The highest BCUT2D eigenvalue weighted by atomic mass is 16.6. The van der Waals surface area contributed by atoms with Crippen LogP contribution in [0.4, 0.5) is 0 Å². The average Bonchev–Trinajstić information content (AvgIpc) is 3.34. The van der Waals surface area contributed by atoms with Crippen LogP contribution in [0.2, 0.25) is 0 Å². The number of nitrogens with zero attached hydrogens (tertiary/aromatic N) is 3. The summed E-state index contributed by atoms with van der Waals surface area (Å²) >= 11 is 0. The standard InChI is InChI=1S/C27H31N3O5/c1-17-8-10-21(11-9-17)26-29-28-25(35-26)20(4)34-27(32)22-12-14-23(15-13-22)33-16-24(31)30-18(2)6-5-7-19(30)3/h8-15,18-20H,5-7,16H2,1-4H3. The van der Waals surface area contributed by atoms with Gasteiger partial charge in [0.15, 0.2) is 12.7 Å². The van der Waals surface area contributed by atoms with Crippen molar-refractivity contribution < 1.29 is 23.5 Å². The van der Waals surface area contributed by atoms with Gasteiger partial charge in [-0.2, -0.15) is 0 Å². The van der Waals surface area contributed by atoms with Crippen LogP contribution in [0.3, 0.4) is 0 Å². The fraction of sp³-hybridized carbons (Fsp3) is 0.407. The zero-order valence-electron chi connectivity index (χ0n) is 20.6. The van der Waals surface area contributed by atoms with E-state index in [1.807, 2.05) is 36.1 Å². The average molecular weight is 478 g/mol. The Bertz CT molecular complexity index is 1150. The fourth-order valence-electron chi connectivity index (χ4n) is 4.31. The third-order valence-corrected chi connectivity index (χ3v) is 6.30. The van der Waals surface area contributed by atoms with Gasteiger partial charge in [-0.3, -0.25) is 4.79 Å². The van der Waals surface area contributed by atoms with Gasteiger partial charge in [0.1, 0.15) is 5.75 Å². The quantitative estimate of drug-likeness (QED) is 0.435. The van der Waals surface area contributed by atoms with E-state index in [0.717, 1.165) is 30.4 Å². The van der Waals surface area contributed by atoms with Crippen LogP contribution in [-0.2, 0) is 9.53 Å². The summed E-state index contributed by atoms with van der Waals surface area (Å²) in [5, 5.41) is 8.07. The minimum atomic E-state index is -0.712. The molecule has 3 unspecified atom stereocenters. The zero-order valence-corrected chi connectivity index (χ0v) is 20.6. The van der Waals surface area contributed by atoms with Crippen molar-refractivity contribution in [3.8, 4) is 17.2 Å². The summed E-state index contributed by atoms with van der Waals surface area (Å²) in [5.74, 6) is 0.554. The molecular formula is C27H31N3O5. The molecule has 1 amide bonds. The Labute approximate surface area is 205 Å². The second-order valence-electron chi connectivity index (χ2n) is 9.10. The number of aryl methyl sites for hydroxylation is 1. The number of ether oxygens (including phenoxy) is 2. The second-order valence-corrected chi connectivity index (χ2v) is 9.10. The van der Waals surface area contributed by atoms with Crippen molar-refractivity contribution >= 4 is 11.9 Å². The molecule has 1 saturated heterocycles. The molecule has 0 aliphatic carbocycles. The lowest BCUT2D eigenvalue weighted by Crippen LogP contribution is -2.49. The molecule has 1 fully saturated rings. The highest BCUT2D eigenvalue weighted by molar-refractivity contribution is 5.89. The Morgan fingerprint density at radius 1 is 1.03 bits per heavy atom. The molecule has 4 rings (SSSR count). The number of aromatic nitrogens is 2. The molecule has 0 bridgehead atoms. The molecule has 1 aliphatic rings. The summed E-state index contributed by atoms with van der Waals surface area (Å²) < 4.78 is 16.9. The lowest BCUT2D eigenvalue weighted by atomic mass is 9.97. The summed E-state index contributed by atoms with van der Waals surface area (Å²) in [5.41, 5.74) is 2.28. The van der Waals surface area contributed by atoms with Gasteiger partial charge in [0.05, 0.1) is 5.56 Å². The summed E-state index contributed by atoms with van der Waals surface area (Å²) in [6, 6.07) is 14.7. The van der Waals surface area contributed by atoms with Gasteiger partial charge in [0, 0.05) is 17.6 Å². The van der Waals surface area contributed by atoms with Crippen molar-refractivity contribution in [1.29, 1.82) is 0 Å². The van der Waals surface area contributed by atoms with Crippen LogP contribution >= 0.6 is 0 Å². The highest BCUT2D eigenvalue weighted by Crippen LogP contribution is 2.25. The van der Waals surface area contributed by atoms with Crippen molar-refractivity contribution in [1.82, 2.24) is 15.1 Å². The van der Waals surface area contributed by atoms with Gasteiger partial charge >= 0.3 is 5.97 Å². The van der Waals surface area contributed by atoms with Gasteiger partial charge in [-0.05, 0) is 83.4 Å². The van der Waals surface area contributed by atoms with E-state index in [1.54, 1.807) is 31.2 Å². The lowest BCUT2D eigenvalue weighted by Gasteiger charge is -2.38. The molecule has 1 aromatic heterocycles. The van der Waals surface area contributed by atoms with E-state index in [1.165, 1.54) is 0 Å². The molecule has 3 atom stereocenters. The van der Waals surface area contributed by atoms with Crippen LogP contribution < -0.4 is 4.74 Å². The lowest BCUT2D eigenvalue weighted by molar-refractivity contribution is -0.139. The van der Waals surface area contributed by atoms with E-state index in [0.29, 0.717) is 17.2 Å². The monoisotopic (exact) mass is 477 g/mol. The van der Waals surface area contributed by atoms with Crippen LogP contribution in [0.15, 0.2) is 52.9 Å². The van der Waals surface area contributed by atoms with Crippen LogP contribution in [0.1, 0.15) is 67.9 Å². The zero-order chi connectivity index (χ0) is 24.9. The molecule has 0 saturated carbocycles. The Morgan fingerprint density at radius 3 is 2.34 bits per heavy atom. The van der Waals surface area contributed by atoms with Crippen LogP contribution in [0.25, 0.3) is 11.5 Å². The van der Waals surface area contributed by atoms with E-state index < -0.39 is 12.1 Å². The first-order chi connectivity index (χ1) is 16.8. The maximum absolute atomic E-state index is 12.6. The normalized spacial score (nSPS) is 18.7. The third kappa shape index (κ3) is 5.88. The van der Waals surface area contributed by atoms with E-state index in [2.05, 4.69) is 24.0 Å². The van der Waals surface area contributed by atoms with Gasteiger partial charge in [-0.25, -0.2) is 4.79 Å². The van der Waals surface area contributed by atoms with Crippen molar-refractivity contribution in [2.75, 3.05) is 6.61 Å². The van der Waals surface area contributed by atoms with Gasteiger partial charge in [-0.1, -0.05) is 17.7 Å². The molecule has 3 aromatic rings. The summed E-state index contributed by atoms with van der Waals surface area (Å²) in [4.78, 5) is 27.1. The van der Waals surface area contributed by atoms with Crippen molar-refractivity contribution in [2.45, 2.75) is 65.1 Å². The van der Waals surface area contributed by atoms with Gasteiger partial charge in [0.2, 0.25) is 5.89 Å². The summed E-state index contributed by atoms with van der Waals surface area (Å²) in [7, 11) is 0. The van der Waals surface area contributed by atoms with Crippen molar-refractivity contribution in [3.05, 3.63) is 65.5 Å². The maximum atomic E-state index is 12.6. The Balaban J connectivity index is 1.31. The van der Waals surface area contributed by atoms with Crippen LogP contribution in [0, 0.1) is 6.92 Å². The van der Waals surface area contributed by atoms with Crippen LogP contribution in [0.5, 0.6) is 5.75 Å². The molecule has 35 heavy (non-hydrogen) atoms. The number of rotatable bonds is 7. The smallest absolute Gasteiger partial charge is 0.338 e. The number of carbonyl (C=O) groups excluding carboxylic acids is 2. The molecule has 0 N–H and O–H groups in total. The molecular weight excluding hydrogens is 446 g/mol. The number of hydrogen-bond donors (Lipinski definition) is 0. The van der Waals surface area contributed by atoms with Crippen molar-refractivity contribution in [3.63, 3.8) is 0 Å². The first-order valence-electron chi connectivity index (χ1n) is 12.0. The number of hydrogen-bond acceptors (Lipinski definition) is 7. The number of benzene rings is 2. The van der Waals surface area contributed by atoms with Gasteiger partial charge in [-0.15, -0.1) is 10.2 Å². The molecule has 2 aromatic carbocycles.